The highest BCUT2D eigenvalue weighted by molar-refractivity contribution is 5.77. The van der Waals surface area contributed by atoms with Gasteiger partial charge in [0.1, 0.15) is 6.10 Å². The van der Waals surface area contributed by atoms with E-state index in [1.54, 1.807) is 19.1 Å². The van der Waals surface area contributed by atoms with E-state index >= 15 is 0 Å². The van der Waals surface area contributed by atoms with Gasteiger partial charge in [0.2, 0.25) is 0 Å². The number of hydrogen-bond donors (Lipinski definition) is 1. The third-order valence-electron chi connectivity index (χ3n) is 3.03. The minimum atomic E-state index is -1.30. The highest BCUT2D eigenvalue weighted by Gasteiger charge is 2.27. The summed E-state index contributed by atoms with van der Waals surface area (Å²) in [6, 6.07) is 3.38. The summed E-state index contributed by atoms with van der Waals surface area (Å²) in [4.78, 5) is 11.6. The van der Waals surface area contributed by atoms with Crippen molar-refractivity contribution in [1.82, 2.24) is 0 Å². The van der Waals surface area contributed by atoms with Gasteiger partial charge in [-0.1, -0.05) is 0 Å². The molecule has 1 aromatic carbocycles. The fraction of sp³-hybridized carbons (Fsp3) is 0.500. The van der Waals surface area contributed by atoms with Gasteiger partial charge < -0.3 is 19.3 Å². The molecule has 104 valence electrons. The van der Waals surface area contributed by atoms with Crippen LogP contribution in [0.4, 0.5) is 0 Å². The number of methoxy groups -OCH3 is 1. The lowest BCUT2D eigenvalue weighted by atomic mass is 10.0. The monoisotopic (exact) mass is 266 g/mol. The predicted octanol–water partition coefficient (Wildman–Crippen LogP) is 1.62. The number of ether oxygens (including phenoxy) is 3. The fourth-order valence-electron chi connectivity index (χ4n) is 2.19. The van der Waals surface area contributed by atoms with Crippen LogP contribution in [0.25, 0.3) is 0 Å². The zero-order valence-electron chi connectivity index (χ0n) is 11.3. The molecule has 1 N–H and O–H groups in total. The minimum absolute atomic E-state index is 0.0684. The van der Waals surface area contributed by atoms with Crippen molar-refractivity contribution >= 4 is 5.97 Å². The van der Waals surface area contributed by atoms with E-state index in [-0.39, 0.29) is 12.7 Å². The van der Waals surface area contributed by atoms with E-state index in [1.807, 2.05) is 6.92 Å². The molecule has 0 aromatic heterocycles. The van der Waals surface area contributed by atoms with Gasteiger partial charge in [-0.25, -0.2) is 4.79 Å². The van der Waals surface area contributed by atoms with Crippen molar-refractivity contribution in [3.8, 4) is 11.5 Å². The predicted molar refractivity (Wildman–Crippen MR) is 68.4 cm³/mol. The number of aliphatic hydroxyl groups is 1. The maximum atomic E-state index is 11.6. The summed E-state index contributed by atoms with van der Waals surface area (Å²) in [5, 5.41) is 9.97. The van der Waals surface area contributed by atoms with E-state index < -0.39 is 12.1 Å². The highest BCUT2D eigenvalue weighted by Crippen LogP contribution is 2.40. The summed E-state index contributed by atoms with van der Waals surface area (Å²) in [5.41, 5.74) is 1.40. The molecule has 5 heteroatoms. The summed E-state index contributed by atoms with van der Waals surface area (Å²) < 4.78 is 15.7. The molecule has 5 nitrogen and oxygen atoms in total. The molecule has 0 saturated carbocycles. The third kappa shape index (κ3) is 2.66. The molecule has 2 atom stereocenters. The Bertz CT molecular complexity index is 483. The Morgan fingerprint density at radius 1 is 1.58 bits per heavy atom. The summed E-state index contributed by atoms with van der Waals surface area (Å²) in [5.74, 6) is 0.562. The molecule has 0 spiro atoms. The second-order valence-electron chi connectivity index (χ2n) is 4.50. The normalized spacial score (nSPS) is 18.4. The van der Waals surface area contributed by atoms with Crippen LogP contribution < -0.4 is 9.47 Å². The SMILES string of the molecule is CCOC(=O)C(O)c1cc2c(c(OC)c1)OC(C)C2. The van der Waals surface area contributed by atoms with Gasteiger partial charge >= 0.3 is 5.97 Å². The van der Waals surface area contributed by atoms with Crippen LogP contribution in [0.5, 0.6) is 11.5 Å². The average Bonchev–Trinajstić information content (AvgIpc) is 2.77. The molecule has 0 radical (unpaired) electrons. The molecule has 0 bridgehead atoms. The Morgan fingerprint density at radius 2 is 2.32 bits per heavy atom. The van der Waals surface area contributed by atoms with Crippen molar-refractivity contribution in [2.45, 2.75) is 32.5 Å². The number of benzene rings is 1. The first-order chi connectivity index (χ1) is 9.06. The Labute approximate surface area is 112 Å². The van der Waals surface area contributed by atoms with E-state index in [1.165, 1.54) is 7.11 Å². The molecule has 1 heterocycles. The van der Waals surface area contributed by atoms with Crippen molar-refractivity contribution < 1.29 is 24.1 Å². The quantitative estimate of drug-likeness (QED) is 0.839. The molecule has 0 amide bonds. The molecular weight excluding hydrogens is 248 g/mol. The topological polar surface area (TPSA) is 65.0 Å². The Balaban J connectivity index is 2.33. The average molecular weight is 266 g/mol. The van der Waals surface area contributed by atoms with Crippen LogP contribution in [0.15, 0.2) is 12.1 Å². The molecule has 19 heavy (non-hydrogen) atoms. The number of hydrogen-bond acceptors (Lipinski definition) is 5. The second kappa shape index (κ2) is 5.48. The number of carbonyl (C=O) groups excluding carboxylic acids is 1. The number of carbonyl (C=O) groups is 1. The summed E-state index contributed by atoms with van der Waals surface area (Å²) in [6.45, 7) is 3.89. The molecule has 2 rings (SSSR count). The van der Waals surface area contributed by atoms with Crippen LogP contribution in [0, 0.1) is 0 Å². The van der Waals surface area contributed by atoms with E-state index in [9.17, 15) is 9.90 Å². The van der Waals surface area contributed by atoms with Gasteiger partial charge in [0.15, 0.2) is 17.6 Å². The van der Waals surface area contributed by atoms with Gasteiger partial charge in [-0.05, 0) is 31.5 Å². The number of fused-ring (bicyclic) bond motifs is 1. The number of esters is 1. The second-order valence-corrected chi connectivity index (χ2v) is 4.50. The number of aliphatic hydroxyl groups excluding tert-OH is 1. The molecule has 1 aliphatic rings. The molecular formula is C14H18O5. The van der Waals surface area contributed by atoms with E-state index in [2.05, 4.69) is 0 Å². The van der Waals surface area contributed by atoms with Crippen LogP contribution in [0.2, 0.25) is 0 Å². The van der Waals surface area contributed by atoms with Crippen molar-refractivity contribution in [2.75, 3.05) is 13.7 Å². The zero-order valence-corrected chi connectivity index (χ0v) is 11.3. The van der Waals surface area contributed by atoms with Gasteiger partial charge in [-0.3, -0.25) is 0 Å². The first kappa shape index (κ1) is 13.7. The Kier molecular flexibility index (Phi) is 3.95. The van der Waals surface area contributed by atoms with Gasteiger partial charge in [0.25, 0.3) is 0 Å². The van der Waals surface area contributed by atoms with Crippen molar-refractivity contribution in [3.05, 3.63) is 23.3 Å². The van der Waals surface area contributed by atoms with Crippen LogP contribution in [-0.2, 0) is 16.0 Å². The lowest BCUT2D eigenvalue weighted by Gasteiger charge is -2.13. The number of rotatable bonds is 4. The third-order valence-corrected chi connectivity index (χ3v) is 3.03. The Hall–Kier alpha value is -1.75. The van der Waals surface area contributed by atoms with Crippen molar-refractivity contribution in [2.24, 2.45) is 0 Å². The van der Waals surface area contributed by atoms with Crippen LogP contribution in [-0.4, -0.2) is 30.9 Å². The molecule has 0 saturated heterocycles. The van der Waals surface area contributed by atoms with E-state index in [4.69, 9.17) is 14.2 Å². The maximum Gasteiger partial charge on any atom is 0.339 e. The van der Waals surface area contributed by atoms with Gasteiger partial charge in [-0.2, -0.15) is 0 Å². The van der Waals surface area contributed by atoms with Crippen molar-refractivity contribution in [3.63, 3.8) is 0 Å². The summed E-state index contributed by atoms with van der Waals surface area (Å²) >= 11 is 0. The molecule has 0 aliphatic carbocycles. The van der Waals surface area contributed by atoms with Crippen LogP contribution >= 0.6 is 0 Å². The van der Waals surface area contributed by atoms with Gasteiger partial charge in [0.05, 0.1) is 13.7 Å². The van der Waals surface area contributed by atoms with E-state index in [0.717, 1.165) is 12.0 Å². The first-order valence-electron chi connectivity index (χ1n) is 6.29. The smallest absolute Gasteiger partial charge is 0.339 e. The zero-order chi connectivity index (χ0) is 14.0. The van der Waals surface area contributed by atoms with Crippen LogP contribution in [0.1, 0.15) is 31.1 Å². The first-order valence-corrected chi connectivity index (χ1v) is 6.29. The molecule has 2 unspecified atom stereocenters. The largest absolute Gasteiger partial charge is 0.493 e. The highest BCUT2D eigenvalue weighted by atomic mass is 16.5. The lowest BCUT2D eigenvalue weighted by Crippen LogP contribution is -2.15. The van der Waals surface area contributed by atoms with Crippen molar-refractivity contribution in [1.29, 1.82) is 0 Å². The lowest BCUT2D eigenvalue weighted by molar-refractivity contribution is -0.153. The van der Waals surface area contributed by atoms with Gasteiger partial charge in [-0.15, -0.1) is 0 Å². The maximum absolute atomic E-state index is 11.6. The minimum Gasteiger partial charge on any atom is -0.493 e. The molecule has 0 fully saturated rings. The van der Waals surface area contributed by atoms with Gasteiger partial charge in [0, 0.05) is 12.0 Å². The van der Waals surface area contributed by atoms with E-state index in [0.29, 0.717) is 17.1 Å². The summed E-state index contributed by atoms with van der Waals surface area (Å²) in [7, 11) is 1.53. The standard InChI is InChI=1S/C14H18O5/c1-4-18-14(16)12(15)9-6-10-5-8(2)19-13(10)11(7-9)17-3/h6-8,12,15H,4-5H2,1-3H3. The molecule has 1 aromatic rings. The molecule has 1 aliphatic heterocycles. The van der Waals surface area contributed by atoms with Crippen LogP contribution in [0.3, 0.4) is 0 Å². The fourth-order valence-corrected chi connectivity index (χ4v) is 2.19. The Morgan fingerprint density at radius 3 is 2.95 bits per heavy atom. The summed E-state index contributed by atoms with van der Waals surface area (Å²) in [6.07, 6.45) is -0.497.